The molecule has 22 heavy (non-hydrogen) atoms. The second-order valence-corrected chi connectivity index (χ2v) is 6.49. The van der Waals surface area contributed by atoms with E-state index in [0.29, 0.717) is 0 Å². The zero-order valence-corrected chi connectivity index (χ0v) is 13.9. The zero-order chi connectivity index (χ0) is 15.9. The van der Waals surface area contributed by atoms with Gasteiger partial charge < -0.3 is 10.1 Å². The zero-order valence-electron chi connectivity index (χ0n) is 13.1. The van der Waals surface area contributed by atoms with Gasteiger partial charge in [0.1, 0.15) is 5.75 Å². The lowest BCUT2D eigenvalue weighted by molar-refractivity contribution is -0.120. The first-order valence-electron chi connectivity index (χ1n) is 7.26. The van der Waals surface area contributed by atoms with Crippen LogP contribution in [0.5, 0.6) is 5.75 Å². The van der Waals surface area contributed by atoms with E-state index in [4.69, 9.17) is 4.74 Å². The molecule has 116 valence electrons. The molecule has 0 unspecified atom stereocenters. The average Bonchev–Trinajstić information content (AvgIpc) is 2.55. The van der Waals surface area contributed by atoms with Crippen molar-refractivity contribution < 1.29 is 9.53 Å². The highest BCUT2D eigenvalue weighted by molar-refractivity contribution is 8.00. The van der Waals surface area contributed by atoms with Gasteiger partial charge in [-0.05, 0) is 43.7 Å². The van der Waals surface area contributed by atoms with Gasteiger partial charge in [0.15, 0.2) is 0 Å². The molecule has 0 saturated carbocycles. The molecule has 3 nitrogen and oxygen atoms in total. The first-order valence-corrected chi connectivity index (χ1v) is 8.14. The molecule has 2 atom stereocenters. The van der Waals surface area contributed by atoms with Crippen molar-refractivity contribution in [3.8, 4) is 5.75 Å². The van der Waals surface area contributed by atoms with Crippen LogP contribution in [0.1, 0.15) is 25.5 Å². The van der Waals surface area contributed by atoms with Crippen LogP contribution in [0.2, 0.25) is 0 Å². The maximum absolute atomic E-state index is 12.3. The van der Waals surface area contributed by atoms with Gasteiger partial charge >= 0.3 is 0 Å². The Morgan fingerprint density at radius 3 is 2.27 bits per heavy atom. The van der Waals surface area contributed by atoms with Crippen LogP contribution in [0, 0.1) is 0 Å². The summed E-state index contributed by atoms with van der Waals surface area (Å²) >= 11 is 1.56. The van der Waals surface area contributed by atoms with E-state index >= 15 is 0 Å². The fourth-order valence-electron chi connectivity index (χ4n) is 2.06. The molecule has 0 aromatic heterocycles. The van der Waals surface area contributed by atoms with Gasteiger partial charge in [-0.25, -0.2) is 0 Å². The van der Waals surface area contributed by atoms with E-state index in [1.807, 2.05) is 68.4 Å². The van der Waals surface area contributed by atoms with Gasteiger partial charge in [-0.15, -0.1) is 11.8 Å². The van der Waals surface area contributed by atoms with Crippen molar-refractivity contribution in [3.05, 3.63) is 60.2 Å². The predicted molar refractivity (Wildman–Crippen MR) is 91.3 cm³/mol. The molecular weight excluding hydrogens is 294 g/mol. The highest BCUT2D eigenvalue weighted by atomic mass is 32.2. The highest BCUT2D eigenvalue weighted by Crippen LogP contribution is 2.24. The van der Waals surface area contributed by atoms with E-state index in [9.17, 15) is 4.79 Å². The second kappa shape index (κ2) is 7.90. The van der Waals surface area contributed by atoms with Crippen LogP contribution in [-0.2, 0) is 4.79 Å². The maximum atomic E-state index is 12.3. The van der Waals surface area contributed by atoms with Crippen molar-refractivity contribution in [2.24, 2.45) is 0 Å². The molecule has 0 spiro atoms. The van der Waals surface area contributed by atoms with Crippen molar-refractivity contribution in [2.75, 3.05) is 7.11 Å². The van der Waals surface area contributed by atoms with Crippen LogP contribution in [0.25, 0.3) is 0 Å². The molecule has 4 heteroatoms. The number of hydrogen-bond acceptors (Lipinski definition) is 3. The lowest BCUT2D eigenvalue weighted by Crippen LogP contribution is -2.33. The molecule has 1 amide bonds. The molecule has 2 rings (SSSR count). The number of thioether (sulfide) groups is 1. The fourth-order valence-corrected chi connectivity index (χ4v) is 2.96. The Kier molecular flexibility index (Phi) is 5.90. The smallest absolute Gasteiger partial charge is 0.233 e. The third-order valence-corrected chi connectivity index (χ3v) is 4.51. The van der Waals surface area contributed by atoms with Gasteiger partial charge in [-0.2, -0.15) is 0 Å². The topological polar surface area (TPSA) is 38.3 Å². The molecule has 0 aliphatic rings. The number of carbonyl (C=O) groups excluding carboxylic acids is 1. The summed E-state index contributed by atoms with van der Waals surface area (Å²) in [5, 5.41) is 2.92. The van der Waals surface area contributed by atoms with Gasteiger partial charge in [-0.1, -0.05) is 30.3 Å². The SMILES string of the molecule is COc1ccc([C@H](C)NC(=O)[C@H](C)Sc2ccccc2)cc1. The number of nitrogens with one attached hydrogen (secondary N) is 1. The summed E-state index contributed by atoms with van der Waals surface area (Å²) < 4.78 is 5.14. The van der Waals surface area contributed by atoms with E-state index in [1.54, 1.807) is 18.9 Å². The molecule has 0 saturated heterocycles. The Hall–Kier alpha value is -1.94. The normalized spacial score (nSPS) is 13.2. The second-order valence-electron chi connectivity index (χ2n) is 5.08. The van der Waals surface area contributed by atoms with Gasteiger partial charge in [0, 0.05) is 4.90 Å². The van der Waals surface area contributed by atoms with Crippen LogP contribution in [0.4, 0.5) is 0 Å². The molecule has 0 aliphatic carbocycles. The van der Waals surface area contributed by atoms with E-state index in [0.717, 1.165) is 16.2 Å². The lowest BCUT2D eigenvalue weighted by Gasteiger charge is -2.18. The highest BCUT2D eigenvalue weighted by Gasteiger charge is 2.17. The van der Waals surface area contributed by atoms with Gasteiger partial charge in [0.05, 0.1) is 18.4 Å². The number of benzene rings is 2. The van der Waals surface area contributed by atoms with Gasteiger partial charge in [0.25, 0.3) is 0 Å². The van der Waals surface area contributed by atoms with Crippen LogP contribution in [0.3, 0.4) is 0 Å². The van der Waals surface area contributed by atoms with Crippen molar-refractivity contribution >= 4 is 17.7 Å². The van der Waals surface area contributed by atoms with Crippen LogP contribution >= 0.6 is 11.8 Å². The Morgan fingerprint density at radius 2 is 1.68 bits per heavy atom. The molecular formula is C18H21NO2S. The minimum Gasteiger partial charge on any atom is -0.497 e. The summed E-state index contributed by atoms with van der Waals surface area (Å²) in [7, 11) is 1.64. The Balaban J connectivity index is 1.92. The molecule has 0 radical (unpaired) electrons. The Labute approximate surface area is 136 Å². The summed E-state index contributed by atoms with van der Waals surface area (Å²) in [5.74, 6) is 0.854. The van der Waals surface area contributed by atoms with Gasteiger partial charge in [-0.3, -0.25) is 4.79 Å². The molecule has 0 fully saturated rings. The minimum atomic E-state index is -0.136. The summed E-state index contributed by atoms with van der Waals surface area (Å²) in [6.07, 6.45) is 0. The van der Waals surface area contributed by atoms with E-state index in [-0.39, 0.29) is 17.2 Å². The first kappa shape index (κ1) is 16.4. The monoisotopic (exact) mass is 315 g/mol. The standard InChI is InChI=1S/C18H21NO2S/c1-13(15-9-11-16(21-3)12-10-15)19-18(20)14(2)22-17-7-5-4-6-8-17/h4-14H,1-3H3,(H,19,20)/t13-,14-/m0/s1. The summed E-state index contributed by atoms with van der Waals surface area (Å²) in [6, 6.07) is 17.7. The average molecular weight is 315 g/mol. The number of carbonyl (C=O) groups is 1. The number of ether oxygens (including phenoxy) is 1. The summed E-state index contributed by atoms with van der Waals surface area (Å²) in [5.41, 5.74) is 1.06. The third-order valence-electron chi connectivity index (χ3n) is 3.40. The third kappa shape index (κ3) is 4.53. The van der Waals surface area contributed by atoms with Crippen molar-refractivity contribution in [1.29, 1.82) is 0 Å². The molecule has 2 aromatic rings. The minimum absolute atomic E-state index is 0.0303. The number of rotatable bonds is 6. The predicted octanol–water partition coefficient (Wildman–Crippen LogP) is 4.05. The van der Waals surface area contributed by atoms with Gasteiger partial charge in [0.2, 0.25) is 5.91 Å². The number of amides is 1. The van der Waals surface area contributed by atoms with Crippen LogP contribution in [0.15, 0.2) is 59.5 Å². The van der Waals surface area contributed by atoms with Crippen LogP contribution in [-0.4, -0.2) is 18.3 Å². The first-order chi connectivity index (χ1) is 10.6. The van der Waals surface area contributed by atoms with E-state index < -0.39 is 0 Å². The lowest BCUT2D eigenvalue weighted by atomic mass is 10.1. The molecule has 0 aliphatic heterocycles. The molecule has 0 bridgehead atoms. The van der Waals surface area contributed by atoms with E-state index in [1.165, 1.54) is 0 Å². The summed E-state index contributed by atoms with van der Waals surface area (Å²) in [4.78, 5) is 13.4. The molecule has 2 aromatic carbocycles. The fraction of sp³-hybridized carbons (Fsp3) is 0.278. The van der Waals surface area contributed by atoms with Crippen molar-refractivity contribution in [1.82, 2.24) is 5.32 Å². The molecule has 1 N–H and O–H groups in total. The Morgan fingerprint density at radius 1 is 1.05 bits per heavy atom. The van der Waals surface area contributed by atoms with Crippen molar-refractivity contribution in [3.63, 3.8) is 0 Å². The number of hydrogen-bond donors (Lipinski definition) is 1. The Bertz CT molecular complexity index is 598. The van der Waals surface area contributed by atoms with E-state index in [2.05, 4.69) is 5.32 Å². The number of methoxy groups -OCH3 is 1. The quantitative estimate of drug-likeness (QED) is 0.817. The van der Waals surface area contributed by atoms with Crippen molar-refractivity contribution in [2.45, 2.75) is 30.0 Å². The summed E-state index contributed by atoms with van der Waals surface area (Å²) in [6.45, 7) is 3.91. The molecule has 0 heterocycles. The van der Waals surface area contributed by atoms with Crippen LogP contribution < -0.4 is 10.1 Å². The maximum Gasteiger partial charge on any atom is 0.233 e. The largest absolute Gasteiger partial charge is 0.497 e.